The number of nitrogens with one attached hydrogen (secondary N) is 1. The van der Waals surface area contributed by atoms with Gasteiger partial charge in [-0.1, -0.05) is 12.1 Å². The highest BCUT2D eigenvalue weighted by atomic mass is 32.2. The molecule has 0 aliphatic heterocycles. The molecule has 19 heavy (non-hydrogen) atoms. The number of hydrogen-bond donors (Lipinski definition) is 2. The third kappa shape index (κ3) is 2.90. The van der Waals surface area contributed by atoms with Gasteiger partial charge in [0.05, 0.1) is 5.69 Å². The lowest BCUT2D eigenvalue weighted by atomic mass is 10.1. The summed E-state index contributed by atoms with van der Waals surface area (Å²) in [5.74, 6) is 0. The van der Waals surface area contributed by atoms with Gasteiger partial charge in [0.1, 0.15) is 4.90 Å². The fourth-order valence-electron chi connectivity index (χ4n) is 2.05. The first kappa shape index (κ1) is 14.7. The second kappa shape index (κ2) is 5.00. The van der Waals surface area contributed by atoms with Gasteiger partial charge in [-0.2, -0.15) is 11.8 Å². The molecule has 0 saturated heterocycles. The Bertz CT molecular complexity index is 593. The van der Waals surface area contributed by atoms with Gasteiger partial charge in [-0.05, 0) is 44.1 Å². The molecule has 1 aliphatic carbocycles. The molecule has 1 aromatic rings. The lowest BCUT2D eigenvalue weighted by molar-refractivity contribution is 0.579. The summed E-state index contributed by atoms with van der Waals surface area (Å²) in [7, 11) is -3.54. The van der Waals surface area contributed by atoms with E-state index in [2.05, 4.69) is 4.72 Å². The van der Waals surface area contributed by atoms with Crippen LogP contribution in [0.15, 0.2) is 17.0 Å². The van der Waals surface area contributed by atoms with Crippen LogP contribution in [0.1, 0.15) is 24.0 Å². The van der Waals surface area contributed by atoms with Gasteiger partial charge in [0.15, 0.2) is 0 Å². The maximum Gasteiger partial charge on any atom is 0.242 e. The highest BCUT2D eigenvalue weighted by molar-refractivity contribution is 8.00. The Morgan fingerprint density at radius 1 is 1.32 bits per heavy atom. The number of thioether (sulfide) groups is 1. The average Bonchev–Trinajstić information content (AvgIpc) is 3.13. The number of hydrogen-bond acceptors (Lipinski definition) is 4. The van der Waals surface area contributed by atoms with E-state index in [1.165, 1.54) is 0 Å². The molecule has 1 saturated carbocycles. The molecule has 6 heteroatoms. The first-order valence-corrected chi connectivity index (χ1v) is 8.93. The van der Waals surface area contributed by atoms with Crippen molar-refractivity contribution in [3.63, 3.8) is 0 Å². The number of aryl methyl sites for hydroxylation is 2. The predicted octanol–water partition coefficient (Wildman–Crippen LogP) is 2.06. The second-order valence-electron chi connectivity index (χ2n) is 5.15. The van der Waals surface area contributed by atoms with E-state index in [0.717, 1.165) is 18.4 Å². The van der Waals surface area contributed by atoms with Crippen LogP contribution in [-0.4, -0.2) is 26.0 Å². The van der Waals surface area contributed by atoms with E-state index in [0.29, 0.717) is 17.8 Å². The van der Waals surface area contributed by atoms with Gasteiger partial charge in [-0.25, -0.2) is 13.1 Å². The Kier molecular flexibility index (Phi) is 3.86. The van der Waals surface area contributed by atoms with Crippen LogP contribution < -0.4 is 10.5 Å². The molecule has 1 fully saturated rings. The van der Waals surface area contributed by atoms with Crippen LogP contribution >= 0.6 is 11.8 Å². The second-order valence-corrected chi connectivity index (χ2v) is 8.13. The lowest BCUT2D eigenvalue weighted by Gasteiger charge is -2.16. The van der Waals surface area contributed by atoms with E-state index in [4.69, 9.17) is 5.73 Å². The third-order valence-corrected chi connectivity index (χ3v) is 6.73. The molecule has 3 N–H and O–H groups in total. The number of sulfonamides is 1. The third-order valence-electron chi connectivity index (χ3n) is 3.70. The molecule has 4 nitrogen and oxygen atoms in total. The van der Waals surface area contributed by atoms with Crippen LogP contribution in [0.4, 0.5) is 5.69 Å². The summed E-state index contributed by atoms with van der Waals surface area (Å²) in [5.41, 5.74) is 7.75. The molecule has 0 spiro atoms. The van der Waals surface area contributed by atoms with Crippen LogP contribution in [0.5, 0.6) is 0 Å². The van der Waals surface area contributed by atoms with Gasteiger partial charge in [-0.3, -0.25) is 0 Å². The highest BCUT2D eigenvalue weighted by Crippen LogP contribution is 2.46. The zero-order chi connectivity index (χ0) is 14.3. The summed E-state index contributed by atoms with van der Waals surface area (Å²) >= 11 is 1.73. The van der Waals surface area contributed by atoms with E-state index in [1.807, 2.05) is 19.2 Å². The van der Waals surface area contributed by atoms with Crippen molar-refractivity contribution in [2.24, 2.45) is 0 Å². The van der Waals surface area contributed by atoms with Crippen molar-refractivity contribution in [3.05, 3.63) is 23.3 Å². The molecule has 0 amide bonds. The van der Waals surface area contributed by atoms with E-state index < -0.39 is 10.0 Å². The maximum absolute atomic E-state index is 12.4. The molecule has 0 aromatic heterocycles. The molecule has 0 radical (unpaired) electrons. The van der Waals surface area contributed by atoms with Crippen molar-refractivity contribution in [3.8, 4) is 0 Å². The lowest BCUT2D eigenvalue weighted by Crippen LogP contribution is -2.32. The van der Waals surface area contributed by atoms with E-state index in [9.17, 15) is 8.42 Å². The fourth-order valence-corrected chi connectivity index (χ4v) is 4.43. The van der Waals surface area contributed by atoms with Crippen molar-refractivity contribution in [1.82, 2.24) is 4.72 Å². The monoisotopic (exact) mass is 300 g/mol. The average molecular weight is 300 g/mol. The number of rotatable bonds is 5. The zero-order valence-electron chi connectivity index (χ0n) is 11.5. The predicted molar refractivity (Wildman–Crippen MR) is 81.0 cm³/mol. The van der Waals surface area contributed by atoms with Crippen molar-refractivity contribution < 1.29 is 8.42 Å². The Hall–Kier alpha value is -0.720. The van der Waals surface area contributed by atoms with E-state index in [1.54, 1.807) is 24.8 Å². The van der Waals surface area contributed by atoms with Gasteiger partial charge < -0.3 is 5.73 Å². The van der Waals surface area contributed by atoms with Crippen molar-refractivity contribution in [2.75, 3.05) is 18.5 Å². The van der Waals surface area contributed by atoms with E-state index >= 15 is 0 Å². The number of nitrogen functional groups attached to an aromatic ring is 1. The summed E-state index contributed by atoms with van der Waals surface area (Å²) in [6.07, 6.45) is 4.16. The fraction of sp³-hybridized carbons (Fsp3) is 0.538. The maximum atomic E-state index is 12.4. The number of benzene rings is 1. The van der Waals surface area contributed by atoms with Crippen molar-refractivity contribution in [2.45, 2.75) is 36.3 Å². The minimum Gasteiger partial charge on any atom is -0.397 e. The molecule has 1 aliphatic rings. The minimum absolute atomic E-state index is 0.0968. The minimum atomic E-state index is -3.54. The normalized spacial score (nSPS) is 17.4. The standard InChI is InChI=1S/C13H20N2O2S2/c1-9-4-5-10(2)12(11(9)14)19(16,17)15-8-13(18-3)6-7-13/h4-5,15H,6-8,14H2,1-3H3. The largest absolute Gasteiger partial charge is 0.397 e. The summed E-state index contributed by atoms with van der Waals surface area (Å²) in [4.78, 5) is 0.226. The molecule has 0 atom stereocenters. The Morgan fingerprint density at radius 2 is 1.89 bits per heavy atom. The van der Waals surface area contributed by atoms with Gasteiger partial charge in [0, 0.05) is 11.3 Å². The van der Waals surface area contributed by atoms with E-state index in [-0.39, 0.29) is 9.64 Å². The molecular formula is C13H20N2O2S2. The van der Waals surface area contributed by atoms with Crippen LogP contribution in [0.2, 0.25) is 0 Å². The number of nitrogens with two attached hydrogens (primary N) is 1. The Balaban J connectivity index is 2.27. The topological polar surface area (TPSA) is 72.2 Å². The quantitative estimate of drug-likeness (QED) is 0.817. The Morgan fingerprint density at radius 3 is 2.42 bits per heavy atom. The highest BCUT2D eigenvalue weighted by Gasteiger charge is 2.42. The van der Waals surface area contributed by atoms with Gasteiger partial charge >= 0.3 is 0 Å². The first-order chi connectivity index (χ1) is 8.81. The zero-order valence-corrected chi connectivity index (χ0v) is 13.1. The molecule has 2 rings (SSSR count). The van der Waals surface area contributed by atoms with Gasteiger partial charge in [0.2, 0.25) is 10.0 Å². The van der Waals surface area contributed by atoms with Crippen LogP contribution in [0, 0.1) is 13.8 Å². The van der Waals surface area contributed by atoms with Gasteiger partial charge in [0.25, 0.3) is 0 Å². The molecule has 0 unspecified atom stereocenters. The molecule has 106 valence electrons. The van der Waals surface area contributed by atoms with Crippen LogP contribution in [-0.2, 0) is 10.0 Å². The smallest absolute Gasteiger partial charge is 0.242 e. The summed E-state index contributed by atoms with van der Waals surface area (Å²) in [5, 5.41) is 0. The first-order valence-electron chi connectivity index (χ1n) is 6.22. The summed E-state index contributed by atoms with van der Waals surface area (Å²) in [6.45, 7) is 4.06. The summed E-state index contributed by atoms with van der Waals surface area (Å²) in [6, 6.07) is 3.63. The SMILES string of the molecule is CSC1(CNS(=O)(=O)c2c(C)ccc(C)c2N)CC1. The Labute approximate surface area is 119 Å². The molecule has 0 heterocycles. The summed E-state index contributed by atoms with van der Waals surface area (Å²) < 4.78 is 27.6. The number of anilines is 1. The van der Waals surface area contributed by atoms with Crippen molar-refractivity contribution >= 4 is 27.5 Å². The molecular weight excluding hydrogens is 280 g/mol. The molecule has 1 aromatic carbocycles. The van der Waals surface area contributed by atoms with Crippen molar-refractivity contribution in [1.29, 1.82) is 0 Å². The van der Waals surface area contributed by atoms with Crippen LogP contribution in [0.3, 0.4) is 0 Å². The molecule has 0 bridgehead atoms. The van der Waals surface area contributed by atoms with Crippen LogP contribution in [0.25, 0.3) is 0 Å². The van der Waals surface area contributed by atoms with Gasteiger partial charge in [-0.15, -0.1) is 0 Å².